The monoisotopic (exact) mass is 406 g/mol. The second kappa shape index (κ2) is 8.77. The fourth-order valence-electron chi connectivity index (χ4n) is 3.22. The van der Waals surface area contributed by atoms with E-state index in [-0.39, 0.29) is 11.3 Å². The quantitative estimate of drug-likeness (QED) is 0.502. The van der Waals surface area contributed by atoms with Crippen LogP contribution in [0.2, 0.25) is 0 Å². The van der Waals surface area contributed by atoms with E-state index >= 15 is 0 Å². The molecular formula is C22H22N4O4. The zero-order chi connectivity index (χ0) is 20.9. The van der Waals surface area contributed by atoms with Gasteiger partial charge in [-0.1, -0.05) is 31.5 Å². The van der Waals surface area contributed by atoms with Crippen molar-refractivity contribution in [2.75, 3.05) is 13.2 Å². The highest BCUT2D eigenvalue weighted by atomic mass is 16.6. The highest BCUT2D eigenvalue weighted by Crippen LogP contribution is 2.30. The first-order chi connectivity index (χ1) is 14.7. The number of benzene rings is 2. The van der Waals surface area contributed by atoms with E-state index in [0.717, 1.165) is 18.4 Å². The summed E-state index contributed by atoms with van der Waals surface area (Å²) in [4.78, 5) is 25.4. The van der Waals surface area contributed by atoms with Crippen LogP contribution in [0.5, 0.6) is 11.5 Å². The number of hydrazone groups is 1. The lowest BCUT2D eigenvalue weighted by Crippen LogP contribution is -2.29. The molecule has 0 atom stereocenters. The van der Waals surface area contributed by atoms with Crippen LogP contribution in [0.3, 0.4) is 0 Å². The van der Waals surface area contributed by atoms with Crippen LogP contribution in [0.4, 0.5) is 0 Å². The number of amides is 1. The predicted octanol–water partition coefficient (Wildman–Crippen LogP) is 2.73. The van der Waals surface area contributed by atoms with Gasteiger partial charge in [0.15, 0.2) is 17.2 Å². The van der Waals surface area contributed by atoms with Gasteiger partial charge in [0.05, 0.1) is 11.6 Å². The van der Waals surface area contributed by atoms with Gasteiger partial charge in [0, 0.05) is 11.9 Å². The molecule has 0 saturated heterocycles. The van der Waals surface area contributed by atoms with Crippen molar-refractivity contribution in [3.63, 3.8) is 0 Å². The summed E-state index contributed by atoms with van der Waals surface area (Å²) in [6.07, 6.45) is 3.24. The second-order valence-corrected chi connectivity index (χ2v) is 6.88. The molecule has 3 aromatic rings. The van der Waals surface area contributed by atoms with Gasteiger partial charge in [-0.15, -0.1) is 0 Å². The minimum absolute atomic E-state index is 0.167. The normalized spacial score (nSPS) is 13.0. The van der Waals surface area contributed by atoms with Gasteiger partial charge < -0.3 is 9.47 Å². The van der Waals surface area contributed by atoms with Crippen molar-refractivity contribution >= 4 is 22.9 Å². The van der Waals surface area contributed by atoms with Crippen LogP contribution in [0.1, 0.15) is 35.8 Å². The number of rotatable bonds is 6. The van der Waals surface area contributed by atoms with Crippen LogP contribution in [0.15, 0.2) is 52.4 Å². The largest absolute Gasteiger partial charge is 0.486 e. The number of fused-ring (bicyclic) bond motifs is 2. The van der Waals surface area contributed by atoms with E-state index in [9.17, 15) is 9.59 Å². The summed E-state index contributed by atoms with van der Waals surface area (Å²) >= 11 is 0. The molecule has 1 aliphatic rings. The standard InChI is InChI=1S/C22H22N4O4/c1-2-3-10-26-22(28)17-7-5-4-6-16(17)20(25-26)21(27)24-23-14-15-8-9-18-19(13-15)30-12-11-29-18/h4-9,13-14H,2-3,10-12H2,1H3,(H,24,27)/b23-14+. The number of ether oxygens (including phenoxy) is 2. The Morgan fingerprint density at radius 1 is 1.17 bits per heavy atom. The molecule has 0 unspecified atom stereocenters. The van der Waals surface area contributed by atoms with E-state index in [1.54, 1.807) is 36.4 Å². The third kappa shape index (κ3) is 4.03. The van der Waals surface area contributed by atoms with Crippen molar-refractivity contribution in [1.82, 2.24) is 15.2 Å². The Kier molecular flexibility index (Phi) is 5.74. The van der Waals surface area contributed by atoms with Crippen molar-refractivity contribution in [3.8, 4) is 11.5 Å². The van der Waals surface area contributed by atoms with E-state index in [1.165, 1.54) is 10.9 Å². The van der Waals surface area contributed by atoms with Gasteiger partial charge in [0.25, 0.3) is 11.5 Å². The number of hydrogen-bond donors (Lipinski definition) is 1. The molecule has 0 aliphatic carbocycles. The molecule has 0 saturated carbocycles. The smallest absolute Gasteiger partial charge is 0.292 e. The minimum Gasteiger partial charge on any atom is -0.486 e. The summed E-state index contributed by atoms with van der Waals surface area (Å²) in [6.45, 7) is 3.52. The van der Waals surface area contributed by atoms with Gasteiger partial charge in [0.2, 0.25) is 0 Å². The number of aromatic nitrogens is 2. The zero-order valence-electron chi connectivity index (χ0n) is 16.6. The Morgan fingerprint density at radius 2 is 1.93 bits per heavy atom. The molecule has 30 heavy (non-hydrogen) atoms. The Balaban J connectivity index is 1.58. The maximum atomic E-state index is 12.8. The molecule has 1 aromatic heterocycles. The average Bonchev–Trinajstić information content (AvgIpc) is 2.78. The Morgan fingerprint density at radius 3 is 2.73 bits per heavy atom. The number of hydrogen-bond acceptors (Lipinski definition) is 6. The SMILES string of the molecule is CCCCn1nc(C(=O)N/N=C/c2ccc3c(c2)OCCO3)c2ccccc2c1=O. The molecule has 8 heteroatoms. The summed E-state index contributed by atoms with van der Waals surface area (Å²) in [6, 6.07) is 12.4. The number of carbonyl (C=O) groups is 1. The summed E-state index contributed by atoms with van der Waals surface area (Å²) in [7, 11) is 0. The Labute approximate surface area is 173 Å². The van der Waals surface area contributed by atoms with Crippen LogP contribution >= 0.6 is 0 Å². The average molecular weight is 406 g/mol. The third-order valence-electron chi connectivity index (χ3n) is 4.75. The highest BCUT2D eigenvalue weighted by molar-refractivity contribution is 6.05. The molecule has 4 rings (SSSR count). The van der Waals surface area contributed by atoms with Crippen molar-refractivity contribution in [2.45, 2.75) is 26.3 Å². The van der Waals surface area contributed by atoms with E-state index in [1.807, 2.05) is 13.0 Å². The van der Waals surface area contributed by atoms with Crippen LogP contribution in [-0.2, 0) is 6.54 Å². The Hall–Kier alpha value is -3.68. The number of nitrogens with zero attached hydrogens (tertiary/aromatic N) is 3. The fraction of sp³-hybridized carbons (Fsp3) is 0.273. The van der Waals surface area contributed by atoms with Gasteiger partial charge in [-0.3, -0.25) is 9.59 Å². The lowest BCUT2D eigenvalue weighted by molar-refractivity contribution is 0.0949. The molecule has 0 fully saturated rings. The molecule has 8 nitrogen and oxygen atoms in total. The van der Waals surface area contributed by atoms with Crippen molar-refractivity contribution < 1.29 is 14.3 Å². The maximum Gasteiger partial charge on any atom is 0.292 e. The molecule has 0 bridgehead atoms. The number of unbranched alkanes of at least 4 members (excludes halogenated alkanes) is 1. The number of nitrogens with one attached hydrogen (secondary N) is 1. The van der Waals surface area contributed by atoms with Gasteiger partial charge in [-0.2, -0.15) is 10.2 Å². The molecule has 1 amide bonds. The van der Waals surface area contributed by atoms with Crippen molar-refractivity contribution in [3.05, 3.63) is 64.1 Å². The van der Waals surface area contributed by atoms with Gasteiger partial charge >= 0.3 is 0 Å². The van der Waals surface area contributed by atoms with Crippen LogP contribution in [0.25, 0.3) is 10.8 Å². The lowest BCUT2D eigenvalue weighted by atomic mass is 10.1. The third-order valence-corrected chi connectivity index (χ3v) is 4.75. The van der Waals surface area contributed by atoms with E-state index in [4.69, 9.17) is 9.47 Å². The zero-order valence-corrected chi connectivity index (χ0v) is 16.6. The summed E-state index contributed by atoms with van der Waals surface area (Å²) in [5.74, 6) is 0.852. The predicted molar refractivity (Wildman–Crippen MR) is 113 cm³/mol. The first-order valence-corrected chi connectivity index (χ1v) is 9.90. The molecule has 1 N–H and O–H groups in total. The molecule has 2 aromatic carbocycles. The summed E-state index contributed by atoms with van der Waals surface area (Å²) < 4.78 is 12.4. The van der Waals surface area contributed by atoms with Crippen molar-refractivity contribution in [2.24, 2.45) is 5.10 Å². The van der Waals surface area contributed by atoms with Gasteiger partial charge in [0.1, 0.15) is 13.2 Å². The molecule has 1 aliphatic heterocycles. The van der Waals surface area contributed by atoms with Crippen LogP contribution < -0.4 is 20.5 Å². The molecule has 0 radical (unpaired) electrons. The second-order valence-electron chi connectivity index (χ2n) is 6.88. The number of aryl methyl sites for hydroxylation is 1. The number of carbonyl (C=O) groups excluding carboxylic acids is 1. The Bertz CT molecular complexity index is 1170. The summed E-state index contributed by atoms with van der Waals surface area (Å²) in [5.41, 5.74) is 3.23. The van der Waals surface area contributed by atoms with E-state index in [2.05, 4.69) is 15.6 Å². The summed E-state index contributed by atoms with van der Waals surface area (Å²) in [5, 5.41) is 9.31. The van der Waals surface area contributed by atoms with Gasteiger partial charge in [-0.25, -0.2) is 10.1 Å². The topological polar surface area (TPSA) is 94.8 Å². The van der Waals surface area contributed by atoms with Gasteiger partial charge in [-0.05, 0) is 36.2 Å². The van der Waals surface area contributed by atoms with E-state index in [0.29, 0.717) is 42.0 Å². The maximum absolute atomic E-state index is 12.8. The highest BCUT2D eigenvalue weighted by Gasteiger charge is 2.16. The first kappa shape index (κ1) is 19.6. The molecule has 0 spiro atoms. The van der Waals surface area contributed by atoms with E-state index < -0.39 is 5.91 Å². The molecular weight excluding hydrogens is 384 g/mol. The molecule has 2 heterocycles. The van der Waals surface area contributed by atoms with Crippen LogP contribution in [0, 0.1) is 0 Å². The van der Waals surface area contributed by atoms with Crippen LogP contribution in [-0.4, -0.2) is 35.1 Å². The minimum atomic E-state index is -0.481. The first-order valence-electron chi connectivity index (χ1n) is 9.90. The van der Waals surface area contributed by atoms with Crippen molar-refractivity contribution in [1.29, 1.82) is 0 Å². The fourth-order valence-corrected chi connectivity index (χ4v) is 3.22. The molecule has 154 valence electrons. The lowest BCUT2D eigenvalue weighted by Gasteiger charge is -2.18.